The molecule has 1 unspecified atom stereocenters. The molecule has 0 aromatic carbocycles. The van der Waals surface area contributed by atoms with Crippen molar-refractivity contribution in [3.63, 3.8) is 0 Å². The van der Waals surface area contributed by atoms with Gasteiger partial charge >= 0.3 is 0 Å². The van der Waals surface area contributed by atoms with E-state index in [0.29, 0.717) is 30.8 Å². The van der Waals surface area contributed by atoms with E-state index in [1.165, 1.54) is 21.9 Å². The lowest BCUT2D eigenvalue weighted by atomic mass is 10.1. The zero-order valence-corrected chi connectivity index (χ0v) is 14.8. The van der Waals surface area contributed by atoms with Gasteiger partial charge in [-0.3, -0.25) is 4.79 Å². The summed E-state index contributed by atoms with van der Waals surface area (Å²) >= 11 is 1.49. The average Bonchev–Trinajstić information content (AvgIpc) is 3.18. The van der Waals surface area contributed by atoms with Gasteiger partial charge in [0.05, 0.1) is 17.2 Å². The molecule has 1 aromatic rings. The Hall–Kier alpha value is -0.960. The lowest BCUT2D eigenvalue weighted by Crippen LogP contribution is -2.46. The van der Waals surface area contributed by atoms with Crippen molar-refractivity contribution in [1.82, 2.24) is 9.62 Å². The molecule has 3 heterocycles. The van der Waals surface area contributed by atoms with Crippen LogP contribution < -0.4 is 5.32 Å². The molecule has 1 atom stereocenters. The van der Waals surface area contributed by atoms with Gasteiger partial charge in [-0.15, -0.1) is 11.3 Å². The number of amides is 1. The molecule has 1 amide bonds. The van der Waals surface area contributed by atoms with Crippen LogP contribution in [0.4, 0.5) is 0 Å². The lowest BCUT2D eigenvalue weighted by molar-refractivity contribution is 0.0928. The molecule has 6 nitrogen and oxygen atoms in total. The second kappa shape index (κ2) is 6.88. The van der Waals surface area contributed by atoms with Gasteiger partial charge < -0.3 is 10.1 Å². The predicted octanol–water partition coefficient (Wildman–Crippen LogP) is 1.75. The number of nitrogens with zero attached hydrogens (tertiary/aromatic N) is 1. The van der Waals surface area contributed by atoms with Crippen LogP contribution in [0, 0.1) is 0 Å². The highest BCUT2D eigenvalue weighted by Crippen LogP contribution is 2.33. The summed E-state index contributed by atoms with van der Waals surface area (Å²) in [5.74, 6) is -0.0722. The average molecular weight is 358 g/mol. The molecule has 1 aromatic heterocycles. The van der Waals surface area contributed by atoms with Crippen molar-refractivity contribution in [2.24, 2.45) is 0 Å². The van der Waals surface area contributed by atoms with Gasteiger partial charge in [-0.05, 0) is 37.8 Å². The van der Waals surface area contributed by atoms with Gasteiger partial charge in [-0.25, -0.2) is 12.7 Å². The molecular weight excluding hydrogens is 336 g/mol. The number of nitrogens with one attached hydrogen (secondary N) is 1. The van der Waals surface area contributed by atoms with Gasteiger partial charge in [-0.1, -0.05) is 0 Å². The van der Waals surface area contributed by atoms with Crippen molar-refractivity contribution in [3.8, 4) is 0 Å². The van der Waals surface area contributed by atoms with Crippen molar-refractivity contribution in [3.05, 3.63) is 21.9 Å². The van der Waals surface area contributed by atoms with Crippen LogP contribution >= 0.6 is 11.3 Å². The van der Waals surface area contributed by atoms with E-state index < -0.39 is 10.0 Å². The molecule has 2 saturated heterocycles. The molecule has 0 bridgehead atoms. The number of rotatable bonds is 4. The second-order valence-corrected chi connectivity index (χ2v) is 9.21. The Morgan fingerprint density at radius 2 is 2.04 bits per heavy atom. The van der Waals surface area contributed by atoms with Crippen LogP contribution in [0.2, 0.25) is 0 Å². The summed E-state index contributed by atoms with van der Waals surface area (Å²) < 4.78 is 30.1. The number of carbonyl (C=O) groups excluding carboxylic acids is 1. The molecule has 0 saturated carbocycles. The van der Waals surface area contributed by atoms with Gasteiger partial charge in [0.25, 0.3) is 5.91 Å². The Kier molecular flexibility index (Phi) is 5.05. The van der Waals surface area contributed by atoms with Gasteiger partial charge in [0, 0.05) is 30.6 Å². The molecule has 128 valence electrons. The zero-order valence-electron chi connectivity index (χ0n) is 13.2. The summed E-state index contributed by atoms with van der Waals surface area (Å²) in [6.45, 7) is 1.73. The van der Waals surface area contributed by atoms with E-state index in [-0.39, 0.29) is 18.1 Å². The monoisotopic (exact) mass is 358 g/mol. The fraction of sp³-hybridized carbons (Fsp3) is 0.667. The van der Waals surface area contributed by atoms with Crippen LogP contribution in [0.1, 0.15) is 46.3 Å². The molecule has 3 rings (SSSR count). The van der Waals surface area contributed by atoms with Crippen LogP contribution in [0.3, 0.4) is 0 Å². The molecule has 2 aliphatic rings. The highest BCUT2D eigenvalue weighted by Gasteiger charge is 2.27. The van der Waals surface area contributed by atoms with Gasteiger partial charge in [0.1, 0.15) is 0 Å². The number of carbonyl (C=O) groups is 1. The normalized spacial score (nSPS) is 24.0. The number of thiophene rings is 1. The van der Waals surface area contributed by atoms with Crippen molar-refractivity contribution < 1.29 is 17.9 Å². The molecule has 8 heteroatoms. The van der Waals surface area contributed by atoms with Crippen molar-refractivity contribution in [2.75, 3.05) is 26.0 Å². The minimum atomic E-state index is -3.13. The minimum Gasteiger partial charge on any atom is -0.373 e. The summed E-state index contributed by atoms with van der Waals surface area (Å²) in [5.41, 5.74) is 0. The standard InChI is InChI=1S/C15H22N2O4S2/c1-23(19,20)17-8-6-11(7-9-17)16-15(18)14-5-4-13(22-14)12-3-2-10-21-12/h4-5,11-12H,2-3,6-10H2,1H3,(H,16,18). The Balaban J connectivity index is 1.54. The number of piperidine rings is 1. The molecule has 2 aliphatic heterocycles. The third-order valence-electron chi connectivity index (χ3n) is 4.36. The van der Waals surface area contributed by atoms with E-state index in [1.54, 1.807) is 0 Å². The van der Waals surface area contributed by atoms with Crippen LogP contribution in [0.25, 0.3) is 0 Å². The largest absolute Gasteiger partial charge is 0.373 e. The fourth-order valence-corrected chi connectivity index (χ4v) is 4.91. The van der Waals surface area contributed by atoms with Crippen LogP contribution in [-0.4, -0.2) is 50.6 Å². The Morgan fingerprint density at radius 1 is 1.30 bits per heavy atom. The predicted molar refractivity (Wildman–Crippen MR) is 89.2 cm³/mol. The molecular formula is C15H22N2O4S2. The summed E-state index contributed by atoms with van der Waals surface area (Å²) in [5, 5.41) is 3.02. The topological polar surface area (TPSA) is 75.7 Å². The first-order valence-electron chi connectivity index (χ1n) is 7.91. The molecule has 1 N–H and O–H groups in total. The van der Waals surface area contributed by atoms with Gasteiger partial charge in [0.2, 0.25) is 10.0 Å². The third kappa shape index (κ3) is 4.12. The van der Waals surface area contributed by atoms with Crippen molar-refractivity contribution in [2.45, 2.75) is 37.8 Å². The lowest BCUT2D eigenvalue weighted by Gasteiger charge is -2.30. The van der Waals surface area contributed by atoms with Crippen LogP contribution in [0.15, 0.2) is 12.1 Å². The number of sulfonamides is 1. The minimum absolute atomic E-state index is 0.0359. The molecule has 0 spiro atoms. The number of hydrogen-bond acceptors (Lipinski definition) is 5. The van der Waals surface area contributed by atoms with Crippen molar-refractivity contribution in [1.29, 1.82) is 0 Å². The quantitative estimate of drug-likeness (QED) is 0.890. The maximum Gasteiger partial charge on any atom is 0.261 e. The van der Waals surface area contributed by atoms with E-state index in [2.05, 4.69) is 5.32 Å². The van der Waals surface area contributed by atoms with Gasteiger partial charge in [-0.2, -0.15) is 0 Å². The second-order valence-electron chi connectivity index (χ2n) is 6.11. The summed E-state index contributed by atoms with van der Waals surface area (Å²) in [6.07, 6.45) is 4.77. The maximum absolute atomic E-state index is 12.3. The molecule has 0 radical (unpaired) electrons. The summed E-state index contributed by atoms with van der Waals surface area (Å²) in [6, 6.07) is 3.86. The van der Waals surface area contributed by atoms with Crippen LogP contribution in [-0.2, 0) is 14.8 Å². The third-order valence-corrected chi connectivity index (χ3v) is 6.84. The Bertz CT molecular complexity index is 657. The van der Waals surface area contributed by atoms with E-state index in [9.17, 15) is 13.2 Å². The summed E-state index contributed by atoms with van der Waals surface area (Å²) in [4.78, 5) is 14.2. The van der Waals surface area contributed by atoms with E-state index in [4.69, 9.17) is 4.74 Å². The van der Waals surface area contributed by atoms with Crippen molar-refractivity contribution >= 4 is 27.3 Å². The molecule has 0 aliphatic carbocycles. The highest BCUT2D eigenvalue weighted by atomic mass is 32.2. The van der Waals surface area contributed by atoms with E-state index >= 15 is 0 Å². The zero-order chi connectivity index (χ0) is 16.4. The number of ether oxygens (including phenoxy) is 1. The smallest absolute Gasteiger partial charge is 0.261 e. The SMILES string of the molecule is CS(=O)(=O)N1CCC(NC(=O)c2ccc(C3CCCO3)s2)CC1. The first-order chi connectivity index (χ1) is 10.9. The Labute approximate surface area is 140 Å². The molecule has 2 fully saturated rings. The number of hydrogen-bond donors (Lipinski definition) is 1. The Morgan fingerprint density at radius 3 is 2.65 bits per heavy atom. The first-order valence-corrected chi connectivity index (χ1v) is 10.6. The van der Waals surface area contributed by atoms with E-state index in [1.807, 2.05) is 12.1 Å². The maximum atomic E-state index is 12.3. The van der Waals surface area contributed by atoms with Gasteiger partial charge in [0.15, 0.2) is 0 Å². The van der Waals surface area contributed by atoms with Crippen LogP contribution in [0.5, 0.6) is 0 Å². The summed E-state index contributed by atoms with van der Waals surface area (Å²) in [7, 11) is -3.13. The molecule has 23 heavy (non-hydrogen) atoms. The fourth-order valence-electron chi connectivity index (χ4n) is 3.04. The first kappa shape index (κ1) is 16.9. The van der Waals surface area contributed by atoms with E-state index in [0.717, 1.165) is 24.3 Å². The highest BCUT2D eigenvalue weighted by molar-refractivity contribution is 7.88.